The van der Waals surface area contributed by atoms with E-state index in [9.17, 15) is 0 Å². The molecule has 3 aliphatic rings. The number of anilines is 6. The summed E-state index contributed by atoms with van der Waals surface area (Å²) in [7, 11) is 0. The average Bonchev–Trinajstić information content (AvgIpc) is 1.15. The molecular formula is C82H68BCd2N3S. The third-order valence-corrected chi connectivity index (χ3v) is 20.5. The maximum atomic E-state index is 5.18. The van der Waals surface area contributed by atoms with Crippen molar-refractivity contribution in [1.29, 1.82) is 0 Å². The van der Waals surface area contributed by atoms with Gasteiger partial charge in [-0.2, -0.15) is 36.2 Å². The van der Waals surface area contributed by atoms with Gasteiger partial charge in [-0.1, -0.05) is 225 Å². The van der Waals surface area contributed by atoms with Crippen LogP contribution < -0.4 is 26.2 Å². The number of hydrogen-bond acceptors (Lipinski definition) is 3. The summed E-state index contributed by atoms with van der Waals surface area (Å²) in [5, 5.41) is 5.09. The van der Waals surface area contributed by atoms with Gasteiger partial charge in [-0.25, -0.2) is 11.3 Å². The number of para-hydroxylation sites is 1. The molecular weight excluding hydrogens is 1290 g/mol. The van der Waals surface area contributed by atoms with E-state index in [1.165, 1.54) is 103 Å². The van der Waals surface area contributed by atoms with E-state index < -0.39 is 0 Å². The molecule has 0 atom stereocenters. The van der Waals surface area contributed by atoms with E-state index in [4.69, 9.17) is 6.92 Å². The molecule has 0 unspecified atom stereocenters. The van der Waals surface area contributed by atoms with Crippen molar-refractivity contribution >= 4 is 111 Å². The summed E-state index contributed by atoms with van der Waals surface area (Å²) in [5.41, 5.74) is 27.5. The quantitative estimate of drug-likeness (QED) is 0.126. The summed E-state index contributed by atoms with van der Waals surface area (Å²) in [6.07, 6.45) is 0. The van der Waals surface area contributed by atoms with Crippen LogP contribution in [-0.2, 0) is 76.3 Å². The monoisotopic (exact) mass is 1370 g/mol. The third-order valence-electron chi connectivity index (χ3n) is 19.3. The normalized spacial score (nSPS) is 13.9. The van der Waals surface area contributed by atoms with Crippen LogP contribution in [0, 0.1) is 25.1 Å². The molecule has 0 amide bonds. The number of benzene rings is 11. The van der Waals surface area contributed by atoms with E-state index >= 15 is 0 Å². The first kappa shape index (κ1) is 59.4. The molecule has 424 valence electrons. The minimum Gasteiger partial charge on any atom is -0.432 e. The maximum absolute atomic E-state index is 5.18. The van der Waals surface area contributed by atoms with Crippen LogP contribution in [-0.4, -0.2) is 11.3 Å². The molecule has 16 rings (SSSR count). The van der Waals surface area contributed by atoms with Gasteiger partial charge in [-0.05, 0) is 104 Å². The average molecular weight is 1360 g/mol. The van der Waals surface area contributed by atoms with Crippen LogP contribution in [0.1, 0.15) is 110 Å². The minimum atomic E-state index is -0.286. The molecule has 0 saturated heterocycles. The number of nitrogens with zero attached hydrogens (tertiary/aromatic N) is 3. The molecule has 89 heavy (non-hydrogen) atoms. The Morgan fingerprint density at radius 3 is 1.91 bits per heavy atom. The van der Waals surface area contributed by atoms with Gasteiger partial charge in [0.05, 0.1) is 11.0 Å². The van der Waals surface area contributed by atoms with E-state index in [0.29, 0.717) is 0 Å². The van der Waals surface area contributed by atoms with Gasteiger partial charge >= 0.3 is 54.6 Å². The fourth-order valence-electron chi connectivity index (χ4n) is 14.9. The Kier molecular flexibility index (Phi) is 14.2. The Bertz CT molecular complexity index is 5030. The van der Waals surface area contributed by atoms with Crippen molar-refractivity contribution in [1.82, 2.24) is 4.57 Å². The van der Waals surface area contributed by atoms with Crippen molar-refractivity contribution in [3.05, 3.63) is 259 Å². The van der Waals surface area contributed by atoms with Crippen LogP contribution in [0.2, 0.25) is 0 Å². The van der Waals surface area contributed by atoms with E-state index in [1.54, 1.807) is 0 Å². The predicted molar refractivity (Wildman–Crippen MR) is 373 cm³/mol. The summed E-state index contributed by atoms with van der Waals surface area (Å²) in [6.45, 7) is 30.5. The molecule has 13 aromatic rings. The van der Waals surface area contributed by atoms with Gasteiger partial charge in [-0.3, -0.25) is 12.1 Å². The fraction of sp³-hybridized carbons (Fsp3) is 0.183. The zero-order valence-corrected chi connectivity index (χ0v) is 61.9. The Labute approximate surface area is 569 Å². The Morgan fingerprint density at radius 1 is 0.494 bits per heavy atom. The maximum Gasteiger partial charge on any atom is 2.00 e. The number of thiophene rings is 1. The first-order valence-electron chi connectivity index (χ1n) is 30.8. The zero-order chi connectivity index (χ0) is 59.8. The molecule has 4 heterocycles. The first-order chi connectivity index (χ1) is 41.7. The van der Waals surface area contributed by atoms with Gasteiger partial charge in [0.25, 0.3) is 0 Å². The molecule has 1 aliphatic carbocycles. The van der Waals surface area contributed by atoms with Crippen molar-refractivity contribution in [3.8, 4) is 39.1 Å². The van der Waals surface area contributed by atoms with E-state index in [1.807, 2.05) is 11.3 Å². The molecule has 0 N–H and O–H groups in total. The molecule has 0 radical (unpaired) electrons. The van der Waals surface area contributed by atoms with Gasteiger partial charge < -0.3 is 26.5 Å². The van der Waals surface area contributed by atoms with Crippen molar-refractivity contribution in [2.45, 2.75) is 97.8 Å². The molecule has 0 saturated carbocycles. The van der Waals surface area contributed by atoms with Gasteiger partial charge in [0, 0.05) is 59.1 Å². The summed E-state index contributed by atoms with van der Waals surface area (Å²) in [4.78, 5) is 5.01. The number of rotatable bonds is 5. The van der Waals surface area contributed by atoms with Gasteiger partial charge in [0.15, 0.2) is 6.71 Å². The van der Waals surface area contributed by atoms with Crippen LogP contribution in [0.25, 0.3) is 81.0 Å². The molecule has 7 heteroatoms. The largest absolute Gasteiger partial charge is 2.00 e. The molecule has 2 aromatic heterocycles. The SMILES string of the molecule is [CH2-]c1c(C(C)(C)C)cc2c3c1N(c1[c-]cc(-c4ccc5c(c4)-c4ccccc4C5(C)C)c[c-]1)c1[c-]c(C(C)(C)C)ccc1B3c1cc3c4cc(C(C)(C)C)ccc4n(-c4ccccc4)c3cc1N2c1ccc(-c2cccc3sc4ccccc4c23)cc1.[Cd+2].[Cd+2]. The first-order valence-corrected chi connectivity index (χ1v) is 31.6. The molecule has 11 aromatic carbocycles. The summed E-state index contributed by atoms with van der Waals surface area (Å²) < 4.78 is 5.10. The van der Waals surface area contributed by atoms with Crippen LogP contribution in [0.15, 0.2) is 200 Å². The van der Waals surface area contributed by atoms with E-state index in [-0.39, 0.29) is 83.0 Å². The second-order valence-electron chi connectivity index (χ2n) is 28.2. The fourth-order valence-corrected chi connectivity index (χ4v) is 16.0. The number of fused-ring (bicyclic) bond motifs is 13. The van der Waals surface area contributed by atoms with Crippen molar-refractivity contribution in [3.63, 3.8) is 0 Å². The van der Waals surface area contributed by atoms with Gasteiger partial charge in [0.2, 0.25) is 0 Å². The standard InChI is InChI=1S/C82H68BN3S.2Cd/c1-49-66(81(8,9)10)47-73-77-78(49)86(57-36-29-50(30-37-57)52-33-40-65-61(43-52)59-23-16-18-26-64(59)82(65,11)12)71-45-54(80(5,6)7)34-41-67(71)83(77)68-46-63-62-44-53(79(2,3)4)35-42-69(62)84(55-21-14-13-15-22-55)70(63)48-72(68)85(73)56-38-31-51(32-39-56)58-25-20-28-75-76(58)60-24-17-19-27-74(60)87-75;;/h13-35,38-44,46-48H,1H2,2-12H3;;/q-4;2*+2. The van der Waals surface area contributed by atoms with Crippen molar-refractivity contribution < 1.29 is 54.6 Å². The predicted octanol–water partition coefficient (Wildman–Crippen LogP) is 20.3. The van der Waals surface area contributed by atoms with Crippen molar-refractivity contribution in [2.24, 2.45) is 0 Å². The molecule has 0 spiro atoms. The minimum absolute atomic E-state index is 0. The Balaban J connectivity index is 0.00000347. The third kappa shape index (κ3) is 9.18. The van der Waals surface area contributed by atoms with Crippen LogP contribution in [0.3, 0.4) is 0 Å². The summed E-state index contributed by atoms with van der Waals surface area (Å²) in [6, 6.07) is 87.6. The Hall–Kier alpha value is -7.18. The molecule has 3 nitrogen and oxygen atoms in total. The van der Waals surface area contributed by atoms with Crippen LogP contribution in [0.5, 0.6) is 0 Å². The van der Waals surface area contributed by atoms with E-state index in [2.05, 4.69) is 309 Å². The second kappa shape index (κ2) is 21.2. The van der Waals surface area contributed by atoms with Gasteiger partial charge in [0.1, 0.15) is 0 Å². The summed E-state index contributed by atoms with van der Waals surface area (Å²) in [5.74, 6) is 0. The molecule has 2 aliphatic heterocycles. The molecule has 0 fully saturated rings. The zero-order valence-electron chi connectivity index (χ0n) is 53.0. The second-order valence-corrected chi connectivity index (χ2v) is 29.3. The topological polar surface area (TPSA) is 11.4 Å². The van der Waals surface area contributed by atoms with Crippen LogP contribution in [0.4, 0.5) is 34.1 Å². The number of hydrogen-bond donors (Lipinski definition) is 0. The summed E-state index contributed by atoms with van der Waals surface area (Å²) >= 11 is 1.87. The van der Waals surface area contributed by atoms with E-state index in [0.717, 1.165) is 62.1 Å². The van der Waals surface area contributed by atoms with Gasteiger partial charge in [-0.15, -0.1) is 27.9 Å². The Morgan fingerprint density at radius 2 is 1.17 bits per heavy atom. The molecule has 0 bridgehead atoms. The van der Waals surface area contributed by atoms with Crippen molar-refractivity contribution in [2.75, 3.05) is 9.80 Å². The smallest absolute Gasteiger partial charge is 0.432 e. The number of aromatic nitrogens is 1. The van der Waals surface area contributed by atoms with Crippen LogP contribution >= 0.6 is 11.3 Å².